The van der Waals surface area contributed by atoms with E-state index in [9.17, 15) is 26.4 Å². The molecule has 1 saturated heterocycles. The molecule has 0 bridgehead atoms. The molecule has 1 aromatic heterocycles. The van der Waals surface area contributed by atoms with Crippen LogP contribution in [0.15, 0.2) is 53.4 Å². The molecule has 182 valence electrons. The van der Waals surface area contributed by atoms with Crippen molar-refractivity contribution in [1.82, 2.24) is 19.2 Å². The number of hydrogen-bond acceptors (Lipinski definition) is 5. The van der Waals surface area contributed by atoms with Crippen LogP contribution in [0, 0.1) is 5.92 Å². The Morgan fingerprint density at radius 1 is 1.15 bits per heavy atom. The van der Waals surface area contributed by atoms with E-state index in [2.05, 4.69) is 15.0 Å². The summed E-state index contributed by atoms with van der Waals surface area (Å²) in [6.45, 7) is 0.405. The van der Waals surface area contributed by atoms with Gasteiger partial charge in [-0.3, -0.25) is 4.79 Å². The van der Waals surface area contributed by atoms with E-state index in [1.54, 1.807) is 0 Å². The first-order valence-electron chi connectivity index (χ1n) is 10.6. The normalized spacial score (nSPS) is 16.0. The number of nitrogens with one attached hydrogen (secondary N) is 1. The van der Waals surface area contributed by atoms with E-state index in [1.807, 2.05) is 35.9 Å². The topological polar surface area (TPSA) is 93.5 Å². The van der Waals surface area contributed by atoms with E-state index in [0.717, 1.165) is 23.2 Å². The highest BCUT2D eigenvalue weighted by Crippen LogP contribution is 2.28. The number of rotatable bonds is 6. The van der Waals surface area contributed by atoms with Gasteiger partial charge in [-0.15, -0.1) is 13.2 Å². The molecule has 2 aromatic carbocycles. The summed E-state index contributed by atoms with van der Waals surface area (Å²) in [5.74, 6) is -0.467. The number of piperidine rings is 1. The molecule has 0 unspecified atom stereocenters. The third-order valence-corrected chi connectivity index (χ3v) is 7.70. The van der Waals surface area contributed by atoms with Crippen LogP contribution in [0.2, 0.25) is 0 Å². The SMILES string of the molecule is Cn1c(CNC(=O)C2CCN(S(=O)(=O)c3cccc(OC(F)(F)F)c3)CC2)nc2ccccc21. The minimum atomic E-state index is -4.92. The van der Waals surface area contributed by atoms with Crippen LogP contribution in [0.25, 0.3) is 11.0 Å². The predicted molar refractivity (Wildman–Crippen MR) is 117 cm³/mol. The lowest BCUT2D eigenvalue weighted by Crippen LogP contribution is -2.43. The molecule has 1 aliphatic heterocycles. The summed E-state index contributed by atoms with van der Waals surface area (Å²) >= 11 is 0. The van der Waals surface area contributed by atoms with Crippen molar-refractivity contribution in [3.05, 3.63) is 54.4 Å². The average molecular weight is 497 g/mol. The number of hydrogen-bond donors (Lipinski definition) is 1. The predicted octanol–water partition coefficient (Wildman–Crippen LogP) is 3.19. The van der Waals surface area contributed by atoms with Gasteiger partial charge in [0.1, 0.15) is 11.6 Å². The van der Waals surface area contributed by atoms with Crippen molar-refractivity contribution in [2.75, 3.05) is 13.1 Å². The van der Waals surface area contributed by atoms with Crippen LogP contribution in [-0.2, 0) is 28.4 Å². The minimum Gasteiger partial charge on any atom is -0.406 e. The second-order valence-corrected chi connectivity index (χ2v) is 9.93. The fraction of sp³-hybridized carbons (Fsp3) is 0.364. The van der Waals surface area contributed by atoms with Crippen LogP contribution in [0.4, 0.5) is 13.2 Å². The number of carbonyl (C=O) groups is 1. The zero-order valence-corrected chi connectivity index (χ0v) is 19.1. The highest BCUT2D eigenvalue weighted by molar-refractivity contribution is 7.89. The van der Waals surface area contributed by atoms with Gasteiger partial charge >= 0.3 is 6.36 Å². The van der Waals surface area contributed by atoms with Crippen molar-refractivity contribution in [1.29, 1.82) is 0 Å². The summed E-state index contributed by atoms with van der Waals surface area (Å²) in [7, 11) is -2.15. The first kappa shape index (κ1) is 24.0. The summed E-state index contributed by atoms with van der Waals surface area (Å²) < 4.78 is 70.1. The number of ether oxygens (including phenoxy) is 1. The number of nitrogens with zero attached hydrogens (tertiary/aromatic N) is 3. The molecule has 1 amide bonds. The Labute approximate surface area is 194 Å². The molecular weight excluding hydrogens is 473 g/mol. The molecule has 8 nitrogen and oxygen atoms in total. The Balaban J connectivity index is 1.35. The lowest BCUT2D eigenvalue weighted by atomic mass is 9.97. The fourth-order valence-corrected chi connectivity index (χ4v) is 5.51. The van der Waals surface area contributed by atoms with Crippen LogP contribution >= 0.6 is 0 Å². The van der Waals surface area contributed by atoms with Gasteiger partial charge in [-0.1, -0.05) is 18.2 Å². The number of aromatic nitrogens is 2. The molecule has 0 aliphatic carbocycles. The molecule has 0 atom stereocenters. The van der Waals surface area contributed by atoms with Crippen LogP contribution in [0.5, 0.6) is 5.75 Å². The molecule has 12 heteroatoms. The summed E-state index contributed by atoms with van der Waals surface area (Å²) in [5.41, 5.74) is 1.78. The minimum absolute atomic E-state index is 0.0804. The number of alkyl halides is 3. The van der Waals surface area contributed by atoms with Crippen LogP contribution in [0.3, 0.4) is 0 Å². The van der Waals surface area contributed by atoms with E-state index in [4.69, 9.17) is 0 Å². The van der Waals surface area contributed by atoms with Crippen molar-refractivity contribution >= 4 is 27.0 Å². The van der Waals surface area contributed by atoms with E-state index in [1.165, 1.54) is 16.4 Å². The lowest BCUT2D eigenvalue weighted by molar-refractivity contribution is -0.274. The standard InChI is InChI=1S/C22H23F3N4O4S/c1-28-19-8-3-2-7-18(19)27-20(28)14-26-21(30)15-9-11-29(12-10-15)34(31,32)17-6-4-5-16(13-17)33-22(23,24)25/h2-8,13,15H,9-12,14H2,1H3,(H,26,30). The number of amides is 1. The Bertz CT molecular complexity index is 1300. The molecule has 1 aliphatic rings. The number of imidazole rings is 1. The molecule has 3 aromatic rings. The van der Waals surface area contributed by atoms with Crippen LogP contribution in [-0.4, -0.2) is 47.6 Å². The fourth-order valence-electron chi connectivity index (χ4n) is 4.00. The molecule has 1 N–H and O–H groups in total. The number of sulfonamides is 1. The molecule has 2 heterocycles. The lowest BCUT2D eigenvalue weighted by Gasteiger charge is -2.30. The van der Waals surface area contributed by atoms with Gasteiger partial charge in [0.25, 0.3) is 0 Å². The van der Waals surface area contributed by atoms with E-state index < -0.39 is 22.1 Å². The second-order valence-electron chi connectivity index (χ2n) is 7.99. The van der Waals surface area contributed by atoms with Gasteiger partial charge in [0.2, 0.25) is 15.9 Å². The first-order valence-corrected chi connectivity index (χ1v) is 12.0. The van der Waals surface area contributed by atoms with Crippen molar-refractivity contribution in [3.8, 4) is 5.75 Å². The maximum Gasteiger partial charge on any atom is 0.573 e. The second kappa shape index (κ2) is 9.26. The van der Waals surface area contributed by atoms with E-state index >= 15 is 0 Å². The summed E-state index contributed by atoms with van der Waals surface area (Å²) in [4.78, 5) is 16.9. The van der Waals surface area contributed by atoms with Crippen LogP contribution < -0.4 is 10.1 Å². The van der Waals surface area contributed by atoms with Crippen molar-refractivity contribution in [2.45, 2.75) is 30.6 Å². The maximum atomic E-state index is 12.9. The van der Waals surface area contributed by atoms with Crippen LogP contribution in [0.1, 0.15) is 18.7 Å². The Hall–Kier alpha value is -3.12. The zero-order chi connectivity index (χ0) is 24.5. The molecule has 4 rings (SSSR count). The third kappa shape index (κ3) is 5.17. The molecular formula is C22H23F3N4O4S. The summed E-state index contributed by atoms with van der Waals surface area (Å²) in [6, 6.07) is 11.9. The van der Waals surface area contributed by atoms with Gasteiger partial charge in [-0.2, -0.15) is 4.31 Å². The van der Waals surface area contributed by atoms with Crippen molar-refractivity contribution in [3.63, 3.8) is 0 Å². The molecule has 1 fully saturated rings. The number of benzene rings is 2. The number of fused-ring (bicyclic) bond motifs is 1. The number of carbonyl (C=O) groups excluding carboxylic acids is 1. The van der Waals surface area contributed by atoms with Gasteiger partial charge in [-0.05, 0) is 37.1 Å². The Morgan fingerprint density at radius 3 is 2.53 bits per heavy atom. The van der Waals surface area contributed by atoms with Gasteiger partial charge in [-0.25, -0.2) is 13.4 Å². The maximum absolute atomic E-state index is 12.9. The van der Waals surface area contributed by atoms with Crippen molar-refractivity contribution < 1.29 is 31.1 Å². The molecule has 0 spiro atoms. The molecule has 34 heavy (non-hydrogen) atoms. The van der Waals surface area contributed by atoms with E-state index in [-0.39, 0.29) is 36.4 Å². The largest absolute Gasteiger partial charge is 0.573 e. The number of para-hydroxylation sites is 2. The molecule has 0 radical (unpaired) electrons. The van der Waals surface area contributed by atoms with Gasteiger partial charge in [0.15, 0.2) is 0 Å². The number of aryl methyl sites for hydroxylation is 1. The number of halogens is 3. The Kier molecular flexibility index (Phi) is 6.54. The third-order valence-electron chi connectivity index (χ3n) is 5.80. The van der Waals surface area contributed by atoms with Gasteiger partial charge < -0.3 is 14.6 Å². The monoisotopic (exact) mass is 496 g/mol. The average Bonchev–Trinajstić information content (AvgIpc) is 3.12. The quantitative estimate of drug-likeness (QED) is 0.566. The summed E-state index contributed by atoms with van der Waals surface area (Å²) in [5, 5.41) is 2.87. The van der Waals surface area contributed by atoms with Crippen molar-refractivity contribution in [2.24, 2.45) is 13.0 Å². The van der Waals surface area contributed by atoms with Gasteiger partial charge in [0, 0.05) is 32.1 Å². The Morgan fingerprint density at radius 2 is 1.85 bits per heavy atom. The van der Waals surface area contributed by atoms with E-state index in [0.29, 0.717) is 18.7 Å². The van der Waals surface area contributed by atoms with Gasteiger partial charge in [0.05, 0.1) is 22.5 Å². The highest BCUT2D eigenvalue weighted by atomic mass is 32.2. The first-order chi connectivity index (χ1) is 16.0. The molecule has 0 saturated carbocycles. The smallest absolute Gasteiger partial charge is 0.406 e. The zero-order valence-electron chi connectivity index (χ0n) is 18.2. The highest BCUT2D eigenvalue weighted by Gasteiger charge is 2.34. The summed E-state index contributed by atoms with van der Waals surface area (Å²) in [6.07, 6.45) is -4.32.